The van der Waals surface area contributed by atoms with Gasteiger partial charge in [0.05, 0.1) is 31.9 Å². The average molecular weight is 420 g/mol. The maximum atomic E-state index is 12.8. The number of hydrogen-bond acceptors (Lipinski definition) is 6. The van der Waals surface area contributed by atoms with Crippen LogP contribution in [0.15, 0.2) is 53.5 Å². The van der Waals surface area contributed by atoms with Crippen molar-refractivity contribution >= 4 is 5.91 Å². The van der Waals surface area contributed by atoms with Crippen LogP contribution in [-0.2, 0) is 11.2 Å². The van der Waals surface area contributed by atoms with Crippen LogP contribution in [0.4, 0.5) is 0 Å². The monoisotopic (exact) mass is 420 g/mol. The van der Waals surface area contributed by atoms with E-state index in [0.29, 0.717) is 42.5 Å². The number of carbonyl (C=O) groups excluding carboxylic acids is 1. The van der Waals surface area contributed by atoms with E-state index in [0.717, 1.165) is 17.7 Å². The molecule has 160 valence electrons. The minimum absolute atomic E-state index is 0.0374. The summed E-state index contributed by atoms with van der Waals surface area (Å²) < 4.78 is 10.5. The van der Waals surface area contributed by atoms with Crippen molar-refractivity contribution in [2.75, 3.05) is 27.3 Å². The Balaban J connectivity index is 1.50. The normalized spacial score (nSPS) is 15.7. The first-order valence-corrected chi connectivity index (χ1v) is 10.1. The Bertz CT molecular complexity index is 1140. The molecule has 31 heavy (non-hydrogen) atoms. The molecule has 4 rings (SSSR count). The molecule has 1 amide bonds. The highest BCUT2D eigenvalue weighted by molar-refractivity contribution is 5.79. The second-order valence-electron chi connectivity index (χ2n) is 7.43. The molecule has 0 spiro atoms. The molecule has 1 saturated heterocycles. The summed E-state index contributed by atoms with van der Waals surface area (Å²) in [5.74, 6) is 1.72. The third kappa shape index (κ3) is 4.58. The van der Waals surface area contributed by atoms with Crippen LogP contribution < -0.4 is 15.0 Å². The van der Waals surface area contributed by atoms with Crippen molar-refractivity contribution in [1.29, 1.82) is 0 Å². The minimum atomic E-state index is -0.243. The molecule has 0 unspecified atom stereocenters. The minimum Gasteiger partial charge on any atom is -0.497 e. The maximum Gasteiger partial charge on any atom is 0.251 e. The zero-order chi connectivity index (χ0) is 21.8. The van der Waals surface area contributed by atoms with Crippen molar-refractivity contribution in [3.8, 4) is 22.9 Å². The highest BCUT2D eigenvalue weighted by Gasteiger charge is 2.29. The van der Waals surface area contributed by atoms with Gasteiger partial charge in [-0.15, -0.1) is 0 Å². The Morgan fingerprint density at radius 1 is 1.19 bits per heavy atom. The van der Waals surface area contributed by atoms with Gasteiger partial charge in [0.2, 0.25) is 11.8 Å². The molecule has 3 aromatic rings. The number of carbonyl (C=O) groups is 1. The molecule has 0 saturated carbocycles. The molecule has 0 radical (unpaired) electrons. The predicted molar refractivity (Wildman–Crippen MR) is 115 cm³/mol. The first-order valence-electron chi connectivity index (χ1n) is 10.1. The Morgan fingerprint density at radius 2 is 2.06 bits per heavy atom. The van der Waals surface area contributed by atoms with Gasteiger partial charge < -0.3 is 19.4 Å². The van der Waals surface area contributed by atoms with Crippen molar-refractivity contribution in [2.24, 2.45) is 0 Å². The second-order valence-corrected chi connectivity index (χ2v) is 7.43. The SMILES string of the molecule is COc1cccc(CC(=O)N2CC[C@H](c3nc(-c4cccnc4OC)cc(=O)[nH]3)C2)c1. The summed E-state index contributed by atoms with van der Waals surface area (Å²) in [6.45, 7) is 1.14. The van der Waals surface area contributed by atoms with Crippen LogP contribution in [-0.4, -0.2) is 53.1 Å². The van der Waals surface area contributed by atoms with Gasteiger partial charge in [0.15, 0.2) is 0 Å². The Hall–Kier alpha value is -3.68. The van der Waals surface area contributed by atoms with E-state index in [1.54, 1.807) is 19.4 Å². The molecule has 8 heteroatoms. The van der Waals surface area contributed by atoms with Crippen molar-refractivity contribution in [3.63, 3.8) is 0 Å². The second kappa shape index (κ2) is 8.99. The van der Waals surface area contributed by atoms with Crippen LogP contribution >= 0.6 is 0 Å². The van der Waals surface area contributed by atoms with Crippen molar-refractivity contribution in [3.05, 3.63) is 70.4 Å². The quantitative estimate of drug-likeness (QED) is 0.658. The van der Waals surface area contributed by atoms with Crippen molar-refractivity contribution in [1.82, 2.24) is 19.9 Å². The highest BCUT2D eigenvalue weighted by Crippen LogP contribution is 2.29. The van der Waals surface area contributed by atoms with E-state index in [4.69, 9.17) is 9.47 Å². The summed E-state index contributed by atoms with van der Waals surface area (Å²) in [5.41, 5.74) is 1.82. The van der Waals surface area contributed by atoms with E-state index in [-0.39, 0.29) is 17.4 Å². The van der Waals surface area contributed by atoms with Gasteiger partial charge in [-0.1, -0.05) is 12.1 Å². The van der Waals surface area contributed by atoms with Crippen LogP contribution in [0.1, 0.15) is 23.7 Å². The number of aromatic amines is 1. The first kappa shape index (κ1) is 20.6. The van der Waals surface area contributed by atoms with Gasteiger partial charge >= 0.3 is 0 Å². The first-order chi connectivity index (χ1) is 15.1. The van der Waals surface area contributed by atoms with Crippen molar-refractivity contribution in [2.45, 2.75) is 18.8 Å². The summed E-state index contributed by atoms with van der Waals surface area (Å²) in [6.07, 6.45) is 2.67. The molecule has 1 aliphatic rings. The summed E-state index contributed by atoms with van der Waals surface area (Å²) in [5, 5.41) is 0. The lowest BCUT2D eigenvalue weighted by molar-refractivity contribution is -0.129. The number of H-pyrrole nitrogens is 1. The summed E-state index contributed by atoms with van der Waals surface area (Å²) in [7, 11) is 3.14. The number of amides is 1. The lowest BCUT2D eigenvalue weighted by Gasteiger charge is -2.17. The molecule has 1 aromatic carbocycles. The van der Waals surface area contributed by atoms with Crippen molar-refractivity contribution < 1.29 is 14.3 Å². The average Bonchev–Trinajstić information content (AvgIpc) is 3.29. The van der Waals surface area contributed by atoms with Crippen LogP contribution in [0, 0.1) is 0 Å². The van der Waals surface area contributed by atoms with E-state index < -0.39 is 0 Å². The molecule has 1 atom stereocenters. The van der Waals surface area contributed by atoms with Crippen LogP contribution in [0.25, 0.3) is 11.3 Å². The summed E-state index contributed by atoms with van der Waals surface area (Å²) >= 11 is 0. The third-order valence-electron chi connectivity index (χ3n) is 5.42. The van der Waals surface area contributed by atoms with E-state index in [1.807, 2.05) is 35.2 Å². The topological polar surface area (TPSA) is 97.4 Å². The van der Waals surface area contributed by atoms with E-state index in [2.05, 4.69) is 15.0 Å². The number of methoxy groups -OCH3 is 2. The molecule has 0 aliphatic carbocycles. The lowest BCUT2D eigenvalue weighted by atomic mass is 10.1. The smallest absolute Gasteiger partial charge is 0.251 e. The van der Waals surface area contributed by atoms with Crippen LogP contribution in [0.5, 0.6) is 11.6 Å². The largest absolute Gasteiger partial charge is 0.497 e. The maximum absolute atomic E-state index is 12.8. The zero-order valence-electron chi connectivity index (χ0n) is 17.5. The number of ether oxygens (including phenoxy) is 2. The Morgan fingerprint density at radius 3 is 2.87 bits per heavy atom. The molecule has 1 fully saturated rings. The van der Waals surface area contributed by atoms with E-state index >= 15 is 0 Å². The van der Waals surface area contributed by atoms with Crippen LogP contribution in [0.2, 0.25) is 0 Å². The number of rotatable bonds is 6. The molecule has 8 nitrogen and oxygen atoms in total. The molecule has 1 N–H and O–H groups in total. The number of nitrogens with zero attached hydrogens (tertiary/aromatic N) is 3. The van der Waals surface area contributed by atoms with Crippen LogP contribution in [0.3, 0.4) is 0 Å². The zero-order valence-corrected chi connectivity index (χ0v) is 17.5. The molecule has 3 heterocycles. The number of pyridine rings is 1. The number of hydrogen-bond donors (Lipinski definition) is 1. The molecule has 0 bridgehead atoms. The van der Waals surface area contributed by atoms with Gasteiger partial charge in [-0.2, -0.15) is 0 Å². The fourth-order valence-electron chi connectivity index (χ4n) is 3.84. The number of nitrogens with one attached hydrogen (secondary N) is 1. The van der Waals surface area contributed by atoms with E-state index in [9.17, 15) is 9.59 Å². The van der Waals surface area contributed by atoms with E-state index in [1.165, 1.54) is 13.2 Å². The molecule has 2 aromatic heterocycles. The Labute approximate surface area is 179 Å². The fraction of sp³-hybridized carbons (Fsp3) is 0.304. The molecule has 1 aliphatic heterocycles. The van der Waals surface area contributed by atoms with Gasteiger partial charge in [0.25, 0.3) is 5.56 Å². The predicted octanol–water partition coefficient (Wildman–Crippen LogP) is 2.41. The molecular weight excluding hydrogens is 396 g/mol. The van der Waals surface area contributed by atoms with Gasteiger partial charge in [0, 0.05) is 31.3 Å². The lowest BCUT2D eigenvalue weighted by Crippen LogP contribution is -2.30. The third-order valence-corrected chi connectivity index (χ3v) is 5.42. The number of benzene rings is 1. The number of aromatic nitrogens is 3. The van der Waals surface area contributed by atoms with Gasteiger partial charge in [-0.25, -0.2) is 9.97 Å². The Kier molecular flexibility index (Phi) is 5.97. The standard InChI is InChI=1S/C23H24N4O4/c1-30-17-6-3-5-15(11-17)12-21(29)27-10-8-16(14-27)22-25-19(13-20(28)26-22)18-7-4-9-24-23(18)31-2/h3-7,9,11,13,16H,8,10,12,14H2,1-2H3,(H,25,26,28)/t16-/m0/s1. The fourth-order valence-corrected chi connectivity index (χ4v) is 3.84. The molecular formula is C23H24N4O4. The summed E-state index contributed by atoms with van der Waals surface area (Å²) in [6, 6.07) is 12.5. The highest BCUT2D eigenvalue weighted by atomic mass is 16.5. The number of likely N-dealkylation sites (tertiary alicyclic amines) is 1. The van der Waals surface area contributed by atoms with Gasteiger partial charge in [-0.05, 0) is 36.2 Å². The van der Waals surface area contributed by atoms with Gasteiger partial charge in [0.1, 0.15) is 11.6 Å². The van der Waals surface area contributed by atoms with Gasteiger partial charge in [-0.3, -0.25) is 9.59 Å². The summed E-state index contributed by atoms with van der Waals surface area (Å²) in [4.78, 5) is 38.6.